The predicted octanol–water partition coefficient (Wildman–Crippen LogP) is 1.68. The van der Waals surface area contributed by atoms with Crippen LogP contribution in [0.4, 0.5) is 0 Å². The van der Waals surface area contributed by atoms with Crippen LogP contribution in [0.2, 0.25) is 0 Å². The third-order valence-corrected chi connectivity index (χ3v) is 3.73. The Kier molecular flexibility index (Phi) is 4.60. The molecule has 1 unspecified atom stereocenters. The lowest BCUT2D eigenvalue weighted by atomic mass is 10.1. The fourth-order valence-electron chi connectivity index (χ4n) is 2.03. The van der Waals surface area contributed by atoms with E-state index in [4.69, 9.17) is 4.74 Å². The highest BCUT2D eigenvalue weighted by atomic mass is 79.9. The molecule has 0 saturated carbocycles. The van der Waals surface area contributed by atoms with Crippen molar-refractivity contribution in [3.05, 3.63) is 28.2 Å². The van der Waals surface area contributed by atoms with Crippen molar-refractivity contribution >= 4 is 21.8 Å². The maximum Gasteiger partial charge on any atom is 0.224 e. The van der Waals surface area contributed by atoms with E-state index in [2.05, 4.69) is 26.6 Å². The largest absolute Gasteiger partial charge is 0.496 e. The Balaban J connectivity index is 1.89. The van der Waals surface area contributed by atoms with Crippen LogP contribution in [0, 0.1) is 5.92 Å². The minimum Gasteiger partial charge on any atom is -0.496 e. The molecule has 0 aromatic heterocycles. The topological polar surface area (TPSA) is 50.4 Å². The number of carbonyl (C=O) groups is 1. The summed E-state index contributed by atoms with van der Waals surface area (Å²) in [4.78, 5) is 11.8. The van der Waals surface area contributed by atoms with Crippen LogP contribution in [0.1, 0.15) is 12.0 Å². The minimum absolute atomic E-state index is 0.117. The lowest BCUT2D eigenvalue weighted by molar-refractivity contribution is -0.124. The van der Waals surface area contributed by atoms with Crippen LogP contribution in [0.5, 0.6) is 5.75 Å². The van der Waals surface area contributed by atoms with Gasteiger partial charge in [-0.3, -0.25) is 4.79 Å². The number of rotatable bonds is 4. The molecule has 1 atom stereocenters. The van der Waals surface area contributed by atoms with Gasteiger partial charge in [0.2, 0.25) is 5.91 Å². The maximum absolute atomic E-state index is 11.8. The zero-order valence-corrected chi connectivity index (χ0v) is 11.9. The number of methoxy groups -OCH3 is 1. The summed E-state index contributed by atoms with van der Waals surface area (Å²) in [6.45, 7) is 2.28. The number of halogens is 1. The van der Waals surface area contributed by atoms with Crippen LogP contribution >= 0.6 is 15.9 Å². The highest BCUT2D eigenvalue weighted by molar-refractivity contribution is 9.10. The van der Waals surface area contributed by atoms with E-state index in [1.807, 2.05) is 18.2 Å². The van der Waals surface area contributed by atoms with E-state index in [1.165, 1.54) is 0 Å². The van der Waals surface area contributed by atoms with Crippen LogP contribution in [-0.4, -0.2) is 26.1 Å². The molecule has 1 fully saturated rings. The zero-order valence-electron chi connectivity index (χ0n) is 10.3. The van der Waals surface area contributed by atoms with E-state index >= 15 is 0 Å². The summed E-state index contributed by atoms with van der Waals surface area (Å²) < 4.78 is 6.07. The molecule has 2 N–H and O–H groups in total. The molecule has 1 aliphatic rings. The molecule has 5 heteroatoms. The first-order chi connectivity index (χ1) is 8.70. The van der Waals surface area contributed by atoms with Crippen LogP contribution < -0.4 is 15.4 Å². The minimum atomic E-state index is 0.117. The average molecular weight is 313 g/mol. The first-order valence-electron chi connectivity index (χ1n) is 6.01. The van der Waals surface area contributed by atoms with Gasteiger partial charge < -0.3 is 15.4 Å². The molecule has 2 rings (SSSR count). The Morgan fingerprint density at radius 2 is 2.44 bits per heavy atom. The first-order valence-corrected chi connectivity index (χ1v) is 6.81. The van der Waals surface area contributed by atoms with Gasteiger partial charge in [-0.2, -0.15) is 0 Å². The third-order valence-electron chi connectivity index (χ3n) is 3.11. The fraction of sp³-hybridized carbons (Fsp3) is 0.462. The van der Waals surface area contributed by atoms with E-state index in [0.717, 1.165) is 35.3 Å². The number of ether oxygens (including phenoxy) is 1. The van der Waals surface area contributed by atoms with Gasteiger partial charge in [0.1, 0.15) is 5.75 Å². The van der Waals surface area contributed by atoms with Crippen LogP contribution in [0.3, 0.4) is 0 Å². The average Bonchev–Trinajstić information content (AvgIpc) is 2.90. The van der Waals surface area contributed by atoms with Crippen molar-refractivity contribution in [3.63, 3.8) is 0 Å². The Morgan fingerprint density at radius 1 is 1.61 bits per heavy atom. The molecule has 0 spiro atoms. The van der Waals surface area contributed by atoms with Crippen molar-refractivity contribution in [1.29, 1.82) is 0 Å². The number of hydrogen-bond donors (Lipinski definition) is 2. The van der Waals surface area contributed by atoms with Crippen molar-refractivity contribution in [2.75, 3.05) is 20.2 Å². The number of benzene rings is 1. The second-order valence-corrected chi connectivity index (χ2v) is 5.23. The lowest BCUT2D eigenvalue weighted by Gasteiger charge is -2.11. The highest BCUT2D eigenvalue weighted by Crippen LogP contribution is 2.25. The fourth-order valence-corrected chi connectivity index (χ4v) is 2.62. The Hall–Kier alpha value is -1.07. The molecular weight excluding hydrogens is 296 g/mol. The lowest BCUT2D eigenvalue weighted by Crippen LogP contribution is -2.31. The van der Waals surface area contributed by atoms with Gasteiger partial charge in [-0.15, -0.1) is 0 Å². The molecule has 4 nitrogen and oxygen atoms in total. The van der Waals surface area contributed by atoms with Gasteiger partial charge in [-0.25, -0.2) is 0 Å². The van der Waals surface area contributed by atoms with E-state index in [0.29, 0.717) is 6.54 Å². The summed E-state index contributed by atoms with van der Waals surface area (Å²) in [7, 11) is 1.63. The van der Waals surface area contributed by atoms with Crippen molar-refractivity contribution in [2.24, 2.45) is 5.92 Å². The van der Waals surface area contributed by atoms with E-state index in [-0.39, 0.29) is 11.8 Å². The van der Waals surface area contributed by atoms with Gasteiger partial charge in [0.15, 0.2) is 0 Å². The molecule has 1 heterocycles. The number of amides is 1. The SMILES string of the molecule is COc1ccc(CNC(=O)C2CCNC2)cc1Br. The number of hydrogen-bond acceptors (Lipinski definition) is 3. The van der Waals surface area contributed by atoms with Crippen molar-refractivity contribution < 1.29 is 9.53 Å². The maximum atomic E-state index is 11.8. The molecule has 18 heavy (non-hydrogen) atoms. The highest BCUT2D eigenvalue weighted by Gasteiger charge is 2.21. The van der Waals surface area contributed by atoms with Gasteiger partial charge in [0.05, 0.1) is 17.5 Å². The third kappa shape index (κ3) is 3.23. The number of nitrogens with one attached hydrogen (secondary N) is 2. The molecule has 1 aliphatic heterocycles. The smallest absolute Gasteiger partial charge is 0.224 e. The summed E-state index contributed by atoms with van der Waals surface area (Å²) in [6, 6.07) is 5.81. The van der Waals surface area contributed by atoms with Crippen molar-refractivity contribution in [3.8, 4) is 5.75 Å². The van der Waals surface area contributed by atoms with E-state index in [9.17, 15) is 4.79 Å². The quantitative estimate of drug-likeness (QED) is 0.889. The van der Waals surface area contributed by atoms with Crippen molar-refractivity contribution in [1.82, 2.24) is 10.6 Å². The summed E-state index contributed by atoms with van der Waals surface area (Å²) >= 11 is 3.43. The Bertz CT molecular complexity index is 431. The van der Waals surface area contributed by atoms with Crippen molar-refractivity contribution in [2.45, 2.75) is 13.0 Å². The molecule has 1 aromatic rings. The summed E-state index contributed by atoms with van der Waals surface area (Å²) in [6.07, 6.45) is 0.929. The van der Waals surface area contributed by atoms with Gasteiger partial charge >= 0.3 is 0 Å². The molecule has 1 saturated heterocycles. The molecule has 1 aromatic carbocycles. The Labute approximate surface area is 115 Å². The van der Waals surface area contributed by atoms with Gasteiger partial charge in [-0.1, -0.05) is 6.07 Å². The summed E-state index contributed by atoms with van der Waals surface area (Å²) in [5, 5.41) is 6.16. The molecule has 0 aliphatic carbocycles. The van der Waals surface area contributed by atoms with E-state index < -0.39 is 0 Å². The molecular formula is C13H17BrN2O2. The van der Waals surface area contributed by atoms with Gasteiger partial charge in [0, 0.05) is 13.1 Å². The molecule has 1 amide bonds. The predicted molar refractivity (Wildman–Crippen MR) is 73.5 cm³/mol. The second kappa shape index (κ2) is 6.20. The van der Waals surface area contributed by atoms with Gasteiger partial charge in [0.25, 0.3) is 0 Å². The molecule has 0 radical (unpaired) electrons. The van der Waals surface area contributed by atoms with Gasteiger partial charge in [-0.05, 0) is 46.6 Å². The second-order valence-electron chi connectivity index (χ2n) is 4.38. The zero-order chi connectivity index (χ0) is 13.0. The van der Waals surface area contributed by atoms with Crippen LogP contribution in [-0.2, 0) is 11.3 Å². The first kappa shape index (κ1) is 13.4. The Morgan fingerprint density at radius 3 is 3.06 bits per heavy atom. The van der Waals surface area contributed by atoms with Crippen LogP contribution in [0.15, 0.2) is 22.7 Å². The number of carbonyl (C=O) groups excluding carboxylic acids is 1. The standard InChI is InChI=1S/C13H17BrN2O2/c1-18-12-3-2-9(6-11(12)14)7-16-13(17)10-4-5-15-8-10/h2-3,6,10,15H,4-5,7-8H2,1H3,(H,16,17). The van der Waals surface area contributed by atoms with E-state index in [1.54, 1.807) is 7.11 Å². The molecule has 98 valence electrons. The normalized spacial score (nSPS) is 18.7. The van der Waals surface area contributed by atoms with Crippen LogP contribution in [0.25, 0.3) is 0 Å². The summed E-state index contributed by atoms with van der Waals surface area (Å²) in [5.74, 6) is 1.05. The summed E-state index contributed by atoms with van der Waals surface area (Å²) in [5.41, 5.74) is 1.06. The molecule has 0 bridgehead atoms. The monoisotopic (exact) mass is 312 g/mol.